The fourth-order valence-corrected chi connectivity index (χ4v) is 7.45. The van der Waals surface area contributed by atoms with Gasteiger partial charge < -0.3 is 41.8 Å². The lowest BCUT2D eigenvalue weighted by atomic mass is 10.0. The quantitative estimate of drug-likeness (QED) is 0.0350. The summed E-state index contributed by atoms with van der Waals surface area (Å²) >= 11 is 2.35. The molecule has 2 atom stereocenters. The van der Waals surface area contributed by atoms with Gasteiger partial charge >= 0.3 is 11.9 Å². The maximum Gasteiger partial charge on any atom is 0.352 e. The van der Waals surface area contributed by atoms with Crippen LogP contribution in [0, 0.1) is 0 Å². The summed E-state index contributed by atoms with van der Waals surface area (Å²) in [6.07, 6.45) is 15.7. The molecule has 53 heavy (non-hydrogen) atoms. The van der Waals surface area contributed by atoms with Crippen LogP contribution in [-0.4, -0.2) is 97.8 Å². The number of unbranched alkanes of at least 4 members (excludes halogenated alkanes) is 8. The second-order valence-corrected chi connectivity index (χ2v) is 14.4. The van der Waals surface area contributed by atoms with Gasteiger partial charge in [0, 0.05) is 42.3 Å². The van der Waals surface area contributed by atoms with Gasteiger partial charge in [-0.25, -0.2) is 14.8 Å². The van der Waals surface area contributed by atoms with Gasteiger partial charge in [-0.2, -0.15) is 0 Å². The number of aryl methyl sites for hydroxylation is 1. The molecule has 0 bridgehead atoms. The van der Waals surface area contributed by atoms with Crippen molar-refractivity contribution in [3.05, 3.63) is 34.2 Å². The number of aromatic nitrogens is 3. The van der Waals surface area contributed by atoms with Crippen LogP contribution < -0.4 is 22.1 Å². The van der Waals surface area contributed by atoms with E-state index in [1.54, 1.807) is 6.20 Å². The molecule has 2 aromatic rings. The number of aromatic amines is 1. The van der Waals surface area contributed by atoms with Gasteiger partial charge in [0.15, 0.2) is 16.8 Å². The minimum atomic E-state index is -1.32. The average molecular weight is 778 g/mol. The summed E-state index contributed by atoms with van der Waals surface area (Å²) in [6, 6.07) is -0.967. The van der Waals surface area contributed by atoms with E-state index in [0.29, 0.717) is 17.9 Å². The molecular formula is C34H51N9O8S2. The topological polar surface area (TPSA) is 257 Å². The van der Waals surface area contributed by atoms with Crippen LogP contribution in [0.4, 0.5) is 11.1 Å². The minimum Gasteiger partial charge on any atom is -0.477 e. The molecule has 0 saturated carbocycles. The number of hydrogen-bond donors (Lipinski definition) is 6. The molecule has 0 radical (unpaired) electrons. The van der Waals surface area contributed by atoms with Gasteiger partial charge in [-0.3, -0.25) is 24.1 Å². The Morgan fingerprint density at radius 1 is 1.09 bits per heavy atom. The number of fused-ring (bicyclic) bond motifs is 1. The summed E-state index contributed by atoms with van der Waals surface area (Å²) in [4.78, 5) is 76.4. The van der Waals surface area contributed by atoms with Crippen LogP contribution in [0.3, 0.4) is 0 Å². The molecule has 292 valence electrons. The molecule has 1 fully saturated rings. The molecule has 19 heteroatoms. The van der Waals surface area contributed by atoms with E-state index in [1.807, 2.05) is 0 Å². The maximum absolute atomic E-state index is 12.7. The van der Waals surface area contributed by atoms with Gasteiger partial charge in [-0.15, -0.1) is 23.1 Å². The van der Waals surface area contributed by atoms with Crippen LogP contribution in [0.1, 0.15) is 95.9 Å². The van der Waals surface area contributed by atoms with E-state index < -0.39 is 35.2 Å². The Hall–Kier alpha value is -4.65. The van der Waals surface area contributed by atoms with Crippen molar-refractivity contribution in [1.82, 2.24) is 30.5 Å². The lowest BCUT2D eigenvalue weighted by Crippen LogP contribution is -2.71. The number of rotatable bonds is 21. The van der Waals surface area contributed by atoms with Crippen LogP contribution >= 0.6 is 23.1 Å². The van der Waals surface area contributed by atoms with Crippen molar-refractivity contribution in [3.8, 4) is 0 Å². The Morgan fingerprint density at radius 2 is 1.79 bits per heavy atom. The van der Waals surface area contributed by atoms with Crippen molar-refractivity contribution in [2.45, 2.75) is 102 Å². The van der Waals surface area contributed by atoms with Crippen LogP contribution in [0.25, 0.3) is 0 Å². The molecule has 8 N–H and O–H groups in total. The predicted molar refractivity (Wildman–Crippen MR) is 203 cm³/mol. The van der Waals surface area contributed by atoms with E-state index >= 15 is 0 Å². The first-order valence-electron chi connectivity index (χ1n) is 17.7. The number of H-pyrrole nitrogens is 1. The highest BCUT2D eigenvalue weighted by Crippen LogP contribution is 2.40. The summed E-state index contributed by atoms with van der Waals surface area (Å²) in [5, 5.41) is 19.9. The Kier molecular flexibility index (Phi) is 18.1. The largest absolute Gasteiger partial charge is 0.477 e. The molecule has 2 aromatic heterocycles. The number of carboxylic acid groups (broad SMARTS) is 1. The van der Waals surface area contributed by atoms with Crippen molar-refractivity contribution in [1.29, 1.82) is 0 Å². The number of aliphatic carboxylic acids is 1. The highest BCUT2D eigenvalue weighted by atomic mass is 32.2. The third-order valence-corrected chi connectivity index (χ3v) is 10.3. The Bertz CT molecular complexity index is 1610. The zero-order valence-electron chi connectivity index (χ0n) is 30.5. The molecule has 0 spiro atoms. The van der Waals surface area contributed by atoms with Crippen molar-refractivity contribution < 1.29 is 38.7 Å². The van der Waals surface area contributed by atoms with Gasteiger partial charge in [0.1, 0.15) is 36.5 Å². The summed E-state index contributed by atoms with van der Waals surface area (Å²) in [7, 11) is 1.25. The first-order valence-corrected chi connectivity index (χ1v) is 19.6. The molecule has 0 aromatic carbocycles. The van der Waals surface area contributed by atoms with Gasteiger partial charge in [0.2, 0.25) is 5.91 Å². The van der Waals surface area contributed by atoms with Gasteiger partial charge in [-0.05, 0) is 19.3 Å². The number of carbonyl (C=O) groups is 5. The number of ether oxygens (including phenoxy) is 1. The standard InChI is InChI=1S/C18H34N4O.C16H17N5O7S2/c1-2-3-4-5-6-7-8-9-10-14-20-17(23)13-11-12-16-15-21-18(19)22-16;1-6(22)28-3-7-4-29-14-10(13(24)21(14)11(7)15(25)26)19-12(23)9(20-27-2)8-5-30-16(17)18-8/h15H,2-14H2,1H3,(H,20,23)(H3,19,21,22);5,10,14H,3-4H2,1-2H3,(H2,17,18)(H,19,23)(H,25,26)/b;20-9-/t;10-,14-/m.1/s1. The SMILES string of the molecule is CCCCCCCCCCCNC(=O)CCCc1cnc(N)[nH]1.CO/N=C(\C(=O)N[C@@H]1C(=O)N2C(C(=O)O)=C(COC(C)=O)CS[C@H]12)c1csc(N)n1. The summed E-state index contributed by atoms with van der Waals surface area (Å²) in [5.41, 5.74) is 12.2. The van der Waals surface area contributed by atoms with E-state index in [0.717, 1.165) is 47.7 Å². The number of β-lactam (4-membered cyclic amide) rings is 1. The predicted octanol–water partition coefficient (Wildman–Crippen LogP) is 3.34. The van der Waals surface area contributed by atoms with E-state index in [4.69, 9.17) is 16.2 Å². The molecule has 0 aliphatic carbocycles. The van der Waals surface area contributed by atoms with Crippen LogP contribution in [0.15, 0.2) is 28.0 Å². The number of nitrogen functional groups attached to an aromatic ring is 2. The number of nitrogens with zero attached hydrogens (tertiary/aromatic N) is 4. The Labute approximate surface area is 317 Å². The first-order chi connectivity index (χ1) is 25.5. The lowest BCUT2D eigenvalue weighted by Gasteiger charge is -2.49. The summed E-state index contributed by atoms with van der Waals surface area (Å²) in [5.74, 6) is -2.39. The normalized spacial score (nSPS) is 16.5. The molecule has 2 aliphatic heterocycles. The minimum absolute atomic E-state index is 0.150. The van der Waals surface area contributed by atoms with E-state index in [-0.39, 0.29) is 40.5 Å². The molecule has 0 unspecified atom stereocenters. The van der Waals surface area contributed by atoms with Crippen molar-refractivity contribution >= 4 is 69.6 Å². The van der Waals surface area contributed by atoms with Gasteiger partial charge in [0.05, 0.1) is 6.20 Å². The molecular weight excluding hydrogens is 727 g/mol. The number of amides is 3. The number of carbonyl (C=O) groups excluding carboxylic acids is 4. The van der Waals surface area contributed by atoms with Gasteiger partial charge in [-0.1, -0.05) is 63.4 Å². The van der Waals surface area contributed by atoms with Crippen LogP contribution in [-0.2, 0) is 40.0 Å². The third kappa shape index (κ3) is 13.7. The molecule has 2 aliphatic rings. The maximum atomic E-state index is 12.7. The molecule has 3 amide bonds. The zero-order chi connectivity index (χ0) is 38.8. The number of oxime groups is 1. The molecule has 17 nitrogen and oxygen atoms in total. The van der Waals surface area contributed by atoms with E-state index in [1.165, 1.54) is 82.5 Å². The lowest BCUT2D eigenvalue weighted by molar-refractivity contribution is -0.150. The van der Waals surface area contributed by atoms with Crippen molar-refractivity contribution in [2.75, 3.05) is 37.5 Å². The fraction of sp³-hybridized carbons (Fsp3) is 0.588. The second-order valence-electron chi connectivity index (χ2n) is 12.4. The Balaban J connectivity index is 0.000000297. The Morgan fingerprint density at radius 3 is 2.38 bits per heavy atom. The van der Waals surface area contributed by atoms with E-state index in [9.17, 15) is 29.1 Å². The average Bonchev–Trinajstić information content (AvgIpc) is 3.75. The number of carboxylic acids is 1. The monoisotopic (exact) mass is 777 g/mol. The zero-order valence-corrected chi connectivity index (χ0v) is 32.1. The number of hydrogen-bond acceptors (Lipinski definition) is 14. The van der Waals surface area contributed by atoms with Crippen LogP contribution in [0.5, 0.6) is 0 Å². The number of thiazole rings is 1. The van der Waals surface area contributed by atoms with Crippen molar-refractivity contribution in [3.63, 3.8) is 0 Å². The highest BCUT2D eigenvalue weighted by molar-refractivity contribution is 8.00. The van der Waals surface area contributed by atoms with Crippen molar-refractivity contribution in [2.24, 2.45) is 5.16 Å². The smallest absolute Gasteiger partial charge is 0.352 e. The summed E-state index contributed by atoms with van der Waals surface area (Å²) < 4.78 is 4.88. The number of nitrogens with one attached hydrogen (secondary N) is 3. The van der Waals surface area contributed by atoms with E-state index in [2.05, 4.69) is 42.5 Å². The molecule has 1 saturated heterocycles. The third-order valence-electron chi connectivity index (χ3n) is 8.25. The fourth-order valence-electron chi connectivity index (χ4n) is 5.58. The second kappa shape index (κ2) is 22.4. The molecule has 4 rings (SSSR count). The summed E-state index contributed by atoms with van der Waals surface area (Å²) in [6.45, 7) is 4.04. The number of esters is 1. The first kappa shape index (κ1) is 42.8. The van der Waals surface area contributed by atoms with Crippen LogP contribution in [0.2, 0.25) is 0 Å². The number of anilines is 2. The number of nitrogens with two attached hydrogens (primary N) is 2. The highest BCUT2D eigenvalue weighted by Gasteiger charge is 2.54. The molecule has 4 heterocycles. The number of thioether (sulfide) groups is 1. The van der Waals surface area contributed by atoms with Gasteiger partial charge in [0.25, 0.3) is 11.8 Å². The number of imidazole rings is 1.